The third-order valence-electron chi connectivity index (χ3n) is 4.73. The van der Waals surface area contributed by atoms with Gasteiger partial charge in [0.1, 0.15) is 12.4 Å². The molecule has 0 aliphatic heterocycles. The average molecular weight is 351 g/mol. The quantitative estimate of drug-likeness (QED) is 0.763. The summed E-state index contributed by atoms with van der Waals surface area (Å²) in [5.74, 6) is 1.05. The number of tetrazole rings is 1. The van der Waals surface area contributed by atoms with E-state index in [1.54, 1.807) is 6.20 Å². The first-order chi connectivity index (χ1) is 12.7. The van der Waals surface area contributed by atoms with Crippen molar-refractivity contribution in [2.24, 2.45) is 0 Å². The van der Waals surface area contributed by atoms with Gasteiger partial charge in [-0.1, -0.05) is 37.1 Å². The van der Waals surface area contributed by atoms with Crippen LogP contribution < -0.4 is 5.32 Å². The lowest BCUT2D eigenvalue weighted by atomic mass is 10.1. The second-order valence-corrected chi connectivity index (χ2v) is 6.61. The molecule has 26 heavy (non-hydrogen) atoms. The highest BCUT2D eigenvalue weighted by atomic mass is 16.2. The van der Waals surface area contributed by atoms with Gasteiger partial charge >= 0.3 is 0 Å². The van der Waals surface area contributed by atoms with E-state index in [1.165, 1.54) is 17.6 Å². The number of anilines is 1. The molecule has 0 radical (unpaired) electrons. The fraction of sp³-hybridized carbons (Fsp3) is 0.389. The monoisotopic (exact) mass is 351 g/mol. The van der Waals surface area contributed by atoms with Crippen molar-refractivity contribution in [2.75, 3.05) is 5.32 Å². The lowest BCUT2D eigenvalue weighted by molar-refractivity contribution is -0.117. The average Bonchev–Trinajstić information content (AvgIpc) is 3.36. The van der Waals surface area contributed by atoms with Crippen molar-refractivity contribution in [3.63, 3.8) is 0 Å². The Morgan fingerprint density at radius 3 is 2.85 bits per heavy atom. The molecule has 1 amide bonds. The van der Waals surface area contributed by atoms with Crippen molar-refractivity contribution in [3.05, 3.63) is 42.1 Å². The molecular weight excluding hydrogens is 330 g/mol. The molecule has 2 heterocycles. The second-order valence-electron chi connectivity index (χ2n) is 6.61. The van der Waals surface area contributed by atoms with E-state index in [0.29, 0.717) is 11.9 Å². The third-order valence-corrected chi connectivity index (χ3v) is 4.73. The van der Waals surface area contributed by atoms with Crippen molar-refractivity contribution in [3.8, 4) is 11.4 Å². The first kappa shape index (κ1) is 16.4. The van der Waals surface area contributed by atoms with Gasteiger partial charge in [-0.25, -0.2) is 4.68 Å². The summed E-state index contributed by atoms with van der Waals surface area (Å²) in [6.07, 6.45) is 6.35. The maximum absolute atomic E-state index is 12.4. The van der Waals surface area contributed by atoms with E-state index in [-0.39, 0.29) is 12.5 Å². The minimum Gasteiger partial charge on any atom is -0.309 e. The Kier molecular flexibility index (Phi) is 4.47. The molecule has 8 heteroatoms. The van der Waals surface area contributed by atoms with Gasteiger partial charge < -0.3 is 5.32 Å². The Hall–Kier alpha value is -3.03. The molecule has 2 aromatic heterocycles. The summed E-state index contributed by atoms with van der Waals surface area (Å²) in [6.45, 7) is 2.00. The number of aryl methyl sites for hydroxylation is 1. The van der Waals surface area contributed by atoms with Crippen LogP contribution >= 0.6 is 0 Å². The number of rotatable bonds is 5. The van der Waals surface area contributed by atoms with Crippen LogP contribution in [0, 0.1) is 6.92 Å². The van der Waals surface area contributed by atoms with Crippen LogP contribution in [0.5, 0.6) is 0 Å². The van der Waals surface area contributed by atoms with E-state index < -0.39 is 0 Å². The van der Waals surface area contributed by atoms with Gasteiger partial charge in [0.25, 0.3) is 0 Å². The summed E-state index contributed by atoms with van der Waals surface area (Å²) in [5.41, 5.74) is 1.98. The zero-order valence-corrected chi connectivity index (χ0v) is 14.7. The zero-order chi connectivity index (χ0) is 17.9. The number of hydrogen-bond donors (Lipinski definition) is 1. The number of carbonyl (C=O) groups excluding carboxylic acids is 1. The van der Waals surface area contributed by atoms with E-state index in [9.17, 15) is 4.79 Å². The van der Waals surface area contributed by atoms with Crippen molar-refractivity contribution in [1.82, 2.24) is 30.0 Å². The Morgan fingerprint density at radius 1 is 1.23 bits per heavy atom. The van der Waals surface area contributed by atoms with Crippen molar-refractivity contribution >= 4 is 11.7 Å². The summed E-state index contributed by atoms with van der Waals surface area (Å²) < 4.78 is 1.92. The minimum absolute atomic E-state index is 0.00866. The van der Waals surface area contributed by atoms with Crippen LogP contribution in [-0.4, -0.2) is 35.9 Å². The van der Waals surface area contributed by atoms with Crippen LogP contribution in [0.15, 0.2) is 36.5 Å². The standard InChI is InChI=1S/C18H21N7O/c1-13-6-2-5-9-15(13)18-21-23-24(22-18)12-17(26)20-16-10-11-19-25(16)14-7-3-4-8-14/h2,5-6,9-11,14H,3-4,7-8,12H2,1H3,(H,20,26). The molecule has 4 rings (SSSR count). The number of carbonyl (C=O) groups is 1. The molecule has 3 aromatic rings. The molecule has 1 aliphatic rings. The Labute approximate surface area is 151 Å². The van der Waals surface area contributed by atoms with E-state index in [2.05, 4.69) is 25.8 Å². The van der Waals surface area contributed by atoms with E-state index >= 15 is 0 Å². The van der Waals surface area contributed by atoms with Crippen molar-refractivity contribution in [1.29, 1.82) is 0 Å². The Bertz CT molecular complexity index is 908. The SMILES string of the molecule is Cc1ccccc1-c1nnn(CC(=O)Nc2ccnn2C2CCCC2)n1. The van der Waals surface area contributed by atoms with Gasteiger partial charge in [-0.2, -0.15) is 9.90 Å². The predicted molar refractivity (Wildman–Crippen MR) is 96.4 cm³/mol. The summed E-state index contributed by atoms with van der Waals surface area (Å²) >= 11 is 0. The molecule has 1 N–H and O–H groups in total. The molecule has 0 bridgehead atoms. The Morgan fingerprint density at radius 2 is 2.04 bits per heavy atom. The molecular formula is C18H21N7O. The molecule has 0 unspecified atom stereocenters. The normalized spacial score (nSPS) is 14.7. The highest BCUT2D eigenvalue weighted by molar-refractivity contribution is 5.89. The summed E-state index contributed by atoms with van der Waals surface area (Å²) in [6, 6.07) is 10.0. The number of aromatic nitrogens is 6. The molecule has 1 aromatic carbocycles. The van der Waals surface area contributed by atoms with Crippen LogP contribution in [0.25, 0.3) is 11.4 Å². The van der Waals surface area contributed by atoms with Gasteiger partial charge in [0.05, 0.1) is 12.2 Å². The fourth-order valence-electron chi connectivity index (χ4n) is 3.41. The highest BCUT2D eigenvalue weighted by Crippen LogP contribution is 2.31. The number of nitrogens with zero attached hydrogens (tertiary/aromatic N) is 6. The molecule has 1 saturated carbocycles. The van der Waals surface area contributed by atoms with E-state index in [0.717, 1.165) is 29.8 Å². The first-order valence-electron chi connectivity index (χ1n) is 8.88. The van der Waals surface area contributed by atoms with Gasteiger partial charge in [0.15, 0.2) is 0 Å². The van der Waals surface area contributed by atoms with Gasteiger partial charge in [-0.3, -0.25) is 4.79 Å². The predicted octanol–water partition coefficient (Wildman–Crippen LogP) is 2.60. The van der Waals surface area contributed by atoms with Crippen LogP contribution in [0.1, 0.15) is 37.3 Å². The topological polar surface area (TPSA) is 90.5 Å². The van der Waals surface area contributed by atoms with E-state index in [1.807, 2.05) is 41.9 Å². The van der Waals surface area contributed by atoms with Gasteiger partial charge in [0, 0.05) is 11.6 Å². The number of amides is 1. The lowest BCUT2D eigenvalue weighted by Gasteiger charge is -2.14. The maximum Gasteiger partial charge on any atom is 0.249 e. The lowest BCUT2D eigenvalue weighted by Crippen LogP contribution is -2.23. The number of nitrogens with one attached hydrogen (secondary N) is 1. The molecule has 134 valence electrons. The van der Waals surface area contributed by atoms with Gasteiger partial charge in [-0.05, 0) is 30.5 Å². The molecule has 1 aliphatic carbocycles. The minimum atomic E-state index is -0.196. The van der Waals surface area contributed by atoms with Crippen LogP contribution in [-0.2, 0) is 11.3 Å². The number of hydrogen-bond acceptors (Lipinski definition) is 5. The molecule has 0 saturated heterocycles. The zero-order valence-electron chi connectivity index (χ0n) is 14.7. The highest BCUT2D eigenvalue weighted by Gasteiger charge is 2.20. The molecule has 0 spiro atoms. The van der Waals surface area contributed by atoms with Crippen molar-refractivity contribution < 1.29 is 4.79 Å². The Balaban J connectivity index is 1.43. The smallest absolute Gasteiger partial charge is 0.249 e. The van der Waals surface area contributed by atoms with Crippen LogP contribution in [0.2, 0.25) is 0 Å². The van der Waals surface area contributed by atoms with Gasteiger partial charge in [-0.15, -0.1) is 10.2 Å². The molecule has 1 fully saturated rings. The summed E-state index contributed by atoms with van der Waals surface area (Å²) in [5, 5.41) is 19.7. The van der Waals surface area contributed by atoms with Crippen molar-refractivity contribution in [2.45, 2.75) is 45.2 Å². The molecule has 8 nitrogen and oxygen atoms in total. The maximum atomic E-state index is 12.4. The van der Waals surface area contributed by atoms with Crippen LogP contribution in [0.4, 0.5) is 5.82 Å². The summed E-state index contributed by atoms with van der Waals surface area (Å²) in [7, 11) is 0. The van der Waals surface area contributed by atoms with E-state index in [4.69, 9.17) is 0 Å². The first-order valence-corrected chi connectivity index (χ1v) is 8.88. The molecule has 0 atom stereocenters. The summed E-state index contributed by atoms with van der Waals surface area (Å²) in [4.78, 5) is 13.7. The fourth-order valence-corrected chi connectivity index (χ4v) is 3.41. The number of benzene rings is 1. The second kappa shape index (κ2) is 7.07. The largest absolute Gasteiger partial charge is 0.309 e. The third kappa shape index (κ3) is 3.35. The van der Waals surface area contributed by atoms with Gasteiger partial charge in [0.2, 0.25) is 11.7 Å². The van der Waals surface area contributed by atoms with Crippen LogP contribution in [0.3, 0.4) is 0 Å².